The van der Waals surface area contributed by atoms with E-state index in [1.54, 1.807) is 25.3 Å². The van der Waals surface area contributed by atoms with Crippen LogP contribution in [0.25, 0.3) is 6.08 Å². The van der Waals surface area contributed by atoms with E-state index in [0.29, 0.717) is 0 Å². The Labute approximate surface area is 146 Å². The van der Waals surface area contributed by atoms with Crippen LogP contribution in [-0.4, -0.2) is 31.7 Å². The van der Waals surface area contributed by atoms with E-state index in [0.717, 1.165) is 16.9 Å². The average molecular weight is 337 g/mol. The van der Waals surface area contributed by atoms with Crippen LogP contribution in [0.1, 0.15) is 11.1 Å². The number of nitrogens with zero attached hydrogens (tertiary/aromatic N) is 1. The number of carbonyl (C=O) groups excluding carboxylic acids is 2. The minimum absolute atomic E-state index is 0.155. The molecular weight excluding hydrogens is 318 g/mol. The summed E-state index contributed by atoms with van der Waals surface area (Å²) in [6, 6.07) is 16.6. The summed E-state index contributed by atoms with van der Waals surface area (Å²) in [6.45, 7) is -0.155. The molecule has 2 aromatic rings. The Morgan fingerprint density at radius 3 is 2.44 bits per heavy atom. The molecule has 0 fully saturated rings. The molecule has 0 saturated carbocycles. The number of hydrazone groups is 1. The number of ether oxygens (including phenoxy) is 1. The van der Waals surface area contributed by atoms with Gasteiger partial charge in [-0.05, 0) is 29.3 Å². The van der Waals surface area contributed by atoms with E-state index in [1.807, 2.05) is 42.5 Å². The summed E-state index contributed by atoms with van der Waals surface area (Å²) in [5.41, 5.74) is 4.07. The van der Waals surface area contributed by atoms with E-state index in [1.165, 1.54) is 12.3 Å². The topological polar surface area (TPSA) is 79.8 Å². The van der Waals surface area contributed by atoms with Crippen molar-refractivity contribution in [3.05, 3.63) is 71.8 Å². The van der Waals surface area contributed by atoms with Gasteiger partial charge in [-0.1, -0.05) is 42.5 Å². The van der Waals surface area contributed by atoms with Crippen LogP contribution in [-0.2, 0) is 9.59 Å². The van der Waals surface area contributed by atoms with E-state index >= 15 is 0 Å². The fourth-order valence-corrected chi connectivity index (χ4v) is 1.87. The van der Waals surface area contributed by atoms with Gasteiger partial charge < -0.3 is 10.1 Å². The Kier molecular flexibility index (Phi) is 6.94. The summed E-state index contributed by atoms with van der Waals surface area (Å²) in [4.78, 5) is 23.3. The smallest absolute Gasteiger partial charge is 0.259 e. The summed E-state index contributed by atoms with van der Waals surface area (Å²) in [7, 11) is 1.59. The van der Waals surface area contributed by atoms with Gasteiger partial charge in [-0.3, -0.25) is 9.59 Å². The summed E-state index contributed by atoms with van der Waals surface area (Å²) >= 11 is 0. The molecule has 0 radical (unpaired) electrons. The molecule has 2 aromatic carbocycles. The maximum atomic E-state index is 11.7. The van der Waals surface area contributed by atoms with Gasteiger partial charge in [-0.15, -0.1) is 0 Å². The second-order valence-electron chi connectivity index (χ2n) is 5.03. The van der Waals surface area contributed by atoms with Gasteiger partial charge in [0.1, 0.15) is 5.75 Å². The van der Waals surface area contributed by atoms with Gasteiger partial charge in [-0.2, -0.15) is 5.10 Å². The zero-order valence-corrected chi connectivity index (χ0v) is 13.8. The van der Waals surface area contributed by atoms with Crippen molar-refractivity contribution in [2.45, 2.75) is 0 Å². The first-order valence-corrected chi connectivity index (χ1v) is 7.64. The molecule has 0 aromatic heterocycles. The van der Waals surface area contributed by atoms with Crippen molar-refractivity contribution in [1.82, 2.24) is 10.7 Å². The van der Waals surface area contributed by atoms with Gasteiger partial charge in [0.15, 0.2) is 0 Å². The summed E-state index contributed by atoms with van der Waals surface area (Å²) < 4.78 is 5.06. The van der Waals surface area contributed by atoms with Crippen molar-refractivity contribution in [3.8, 4) is 5.75 Å². The number of rotatable bonds is 7. The molecule has 128 valence electrons. The quantitative estimate of drug-likeness (QED) is 0.460. The third kappa shape index (κ3) is 6.70. The molecule has 0 heterocycles. The Hall–Kier alpha value is -3.41. The van der Waals surface area contributed by atoms with Crippen molar-refractivity contribution in [2.24, 2.45) is 5.10 Å². The standard InChI is InChI=1S/C19H19N3O3/c1-25-17-10-7-15(8-11-17)9-12-18(23)20-14-19(24)22-21-13-16-5-3-2-4-6-16/h2-13H,14H2,1H3,(H,20,23)(H,22,24)/b12-9+,21-13+. The predicted octanol–water partition coefficient (Wildman–Crippen LogP) is 1.97. The molecule has 6 nitrogen and oxygen atoms in total. The van der Waals surface area contributed by atoms with Gasteiger partial charge in [0.2, 0.25) is 5.91 Å². The molecule has 0 aliphatic rings. The molecular formula is C19H19N3O3. The highest BCUT2D eigenvalue weighted by molar-refractivity contribution is 5.94. The van der Waals surface area contributed by atoms with Crippen LogP contribution in [0.2, 0.25) is 0 Å². The van der Waals surface area contributed by atoms with Gasteiger partial charge in [0, 0.05) is 6.08 Å². The van der Waals surface area contributed by atoms with Crippen molar-refractivity contribution in [1.29, 1.82) is 0 Å². The van der Waals surface area contributed by atoms with E-state index in [4.69, 9.17) is 4.74 Å². The van der Waals surface area contributed by atoms with Crippen LogP contribution < -0.4 is 15.5 Å². The van der Waals surface area contributed by atoms with Crippen LogP contribution in [0.3, 0.4) is 0 Å². The van der Waals surface area contributed by atoms with Crippen molar-refractivity contribution >= 4 is 24.1 Å². The second kappa shape index (κ2) is 9.67. The minimum Gasteiger partial charge on any atom is -0.497 e. The molecule has 0 aliphatic carbocycles. The number of hydrogen-bond acceptors (Lipinski definition) is 4. The lowest BCUT2D eigenvalue weighted by Gasteiger charge is -2.01. The maximum Gasteiger partial charge on any atom is 0.259 e. The van der Waals surface area contributed by atoms with E-state index < -0.39 is 5.91 Å². The van der Waals surface area contributed by atoms with Crippen LogP contribution in [0.5, 0.6) is 5.75 Å². The monoisotopic (exact) mass is 337 g/mol. The molecule has 25 heavy (non-hydrogen) atoms. The SMILES string of the molecule is COc1ccc(/C=C/C(=O)NCC(=O)N/N=C/c2ccccc2)cc1. The van der Waals surface area contributed by atoms with E-state index in [-0.39, 0.29) is 12.5 Å². The Morgan fingerprint density at radius 1 is 1.04 bits per heavy atom. The van der Waals surface area contributed by atoms with Gasteiger partial charge in [-0.25, -0.2) is 5.43 Å². The van der Waals surface area contributed by atoms with E-state index in [2.05, 4.69) is 15.8 Å². The summed E-state index contributed by atoms with van der Waals surface area (Å²) in [5, 5.41) is 6.31. The molecule has 2 N–H and O–H groups in total. The molecule has 6 heteroatoms. The lowest BCUT2D eigenvalue weighted by Crippen LogP contribution is -2.34. The highest BCUT2D eigenvalue weighted by Crippen LogP contribution is 2.12. The third-order valence-corrected chi connectivity index (χ3v) is 3.17. The fourth-order valence-electron chi connectivity index (χ4n) is 1.87. The molecule has 0 saturated heterocycles. The fraction of sp³-hybridized carbons (Fsp3) is 0.105. The Balaban J connectivity index is 1.72. The van der Waals surface area contributed by atoms with E-state index in [9.17, 15) is 9.59 Å². The molecule has 0 spiro atoms. The number of methoxy groups -OCH3 is 1. The summed E-state index contributed by atoms with van der Waals surface area (Å²) in [5.74, 6) is -0.0225. The highest BCUT2D eigenvalue weighted by Gasteiger charge is 2.01. The molecule has 2 rings (SSSR count). The van der Waals surface area contributed by atoms with Crippen LogP contribution >= 0.6 is 0 Å². The van der Waals surface area contributed by atoms with Gasteiger partial charge >= 0.3 is 0 Å². The number of nitrogens with one attached hydrogen (secondary N) is 2. The third-order valence-electron chi connectivity index (χ3n) is 3.17. The van der Waals surface area contributed by atoms with Crippen molar-refractivity contribution in [2.75, 3.05) is 13.7 Å². The maximum absolute atomic E-state index is 11.7. The molecule has 0 unspecified atom stereocenters. The first-order valence-electron chi connectivity index (χ1n) is 7.64. The predicted molar refractivity (Wildman–Crippen MR) is 97.2 cm³/mol. The number of hydrogen-bond donors (Lipinski definition) is 2. The highest BCUT2D eigenvalue weighted by atomic mass is 16.5. The first-order chi connectivity index (χ1) is 12.2. The van der Waals surface area contributed by atoms with Crippen molar-refractivity contribution < 1.29 is 14.3 Å². The molecule has 0 bridgehead atoms. The molecule has 2 amide bonds. The lowest BCUT2D eigenvalue weighted by atomic mass is 10.2. The molecule has 0 atom stereocenters. The first kappa shape index (κ1) is 17.9. The van der Waals surface area contributed by atoms with Crippen LogP contribution in [0.4, 0.5) is 0 Å². The number of amides is 2. The minimum atomic E-state index is -0.404. The Bertz CT molecular complexity index is 753. The largest absolute Gasteiger partial charge is 0.497 e. The van der Waals surface area contributed by atoms with Crippen LogP contribution in [0, 0.1) is 0 Å². The zero-order chi connectivity index (χ0) is 17.9. The molecule has 0 aliphatic heterocycles. The lowest BCUT2D eigenvalue weighted by molar-refractivity contribution is -0.123. The normalized spacial score (nSPS) is 10.8. The van der Waals surface area contributed by atoms with Gasteiger partial charge in [0.05, 0.1) is 19.9 Å². The van der Waals surface area contributed by atoms with Gasteiger partial charge in [0.25, 0.3) is 5.91 Å². The van der Waals surface area contributed by atoms with Crippen LogP contribution in [0.15, 0.2) is 65.8 Å². The second-order valence-corrected chi connectivity index (χ2v) is 5.03. The zero-order valence-electron chi connectivity index (χ0n) is 13.8. The average Bonchev–Trinajstić information content (AvgIpc) is 2.66. The number of benzene rings is 2. The number of carbonyl (C=O) groups is 2. The summed E-state index contributed by atoms with van der Waals surface area (Å²) in [6.07, 6.45) is 4.55. The Morgan fingerprint density at radius 2 is 1.76 bits per heavy atom. The van der Waals surface area contributed by atoms with Crippen molar-refractivity contribution in [3.63, 3.8) is 0 Å².